The van der Waals surface area contributed by atoms with Gasteiger partial charge in [0.05, 0.1) is 36.6 Å². The standard InChI is InChI=1S/C21H24FN3O2S/c22-16-3-5-17(6-4-16)25-20(26)12-19(21(25)27)23-13-15-7-9-24(10-8-15)14-18-2-1-11-28-18/h1-6,11,15,19,23H,7-10,12-14H2/p+2/t19-/m1/s1. The predicted octanol–water partition coefficient (Wildman–Crippen LogP) is 0.578. The first kappa shape index (κ1) is 19.2. The second kappa shape index (κ2) is 8.51. The predicted molar refractivity (Wildman–Crippen MR) is 106 cm³/mol. The van der Waals surface area contributed by atoms with Gasteiger partial charge in [-0.2, -0.15) is 0 Å². The fraction of sp³-hybridized carbons (Fsp3) is 0.429. The van der Waals surface area contributed by atoms with Gasteiger partial charge in [-0.05, 0) is 35.7 Å². The molecular formula is C21H26FN3O2S+2. The molecule has 2 amide bonds. The van der Waals surface area contributed by atoms with E-state index < -0.39 is 0 Å². The first-order valence-electron chi connectivity index (χ1n) is 9.92. The zero-order valence-corrected chi connectivity index (χ0v) is 16.6. The van der Waals surface area contributed by atoms with Crippen LogP contribution >= 0.6 is 11.3 Å². The molecule has 2 aliphatic rings. The largest absolute Gasteiger partial charge is 0.335 e. The lowest BCUT2D eigenvalue weighted by Gasteiger charge is -2.28. The monoisotopic (exact) mass is 403 g/mol. The van der Waals surface area contributed by atoms with Gasteiger partial charge in [-0.1, -0.05) is 6.07 Å². The minimum absolute atomic E-state index is 0.183. The Kier molecular flexibility index (Phi) is 5.85. The molecule has 0 spiro atoms. The van der Waals surface area contributed by atoms with E-state index in [1.807, 2.05) is 16.7 Å². The number of rotatable bonds is 6. The third kappa shape index (κ3) is 4.32. The first-order valence-corrected chi connectivity index (χ1v) is 10.8. The van der Waals surface area contributed by atoms with Gasteiger partial charge in [-0.15, -0.1) is 11.3 Å². The van der Waals surface area contributed by atoms with Crippen LogP contribution in [0.5, 0.6) is 0 Å². The first-order chi connectivity index (χ1) is 13.6. The fourth-order valence-corrected chi connectivity index (χ4v) is 4.99. The summed E-state index contributed by atoms with van der Waals surface area (Å²) in [6.45, 7) is 4.31. The number of halogens is 1. The number of hydrogen-bond acceptors (Lipinski definition) is 3. The minimum Gasteiger partial charge on any atom is -0.335 e. The van der Waals surface area contributed by atoms with Gasteiger partial charge >= 0.3 is 0 Å². The number of anilines is 1. The Bertz CT molecular complexity index is 817. The highest BCUT2D eigenvalue weighted by atomic mass is 32.1. The summed E-state index contributed by atoms with van der Waals surface area (Å²) in [5.74, 6) is -0.168. The molecule has 28 heavy (non-hydrogen) atoms. The molecule has 1 aromatic heterocycles. The summed E-state index contributed by atoms with van der Waals surface area (Å²) in [7, 11) is 0. The van der Waals surface area contributed by atoms with Crippen LogP contribution in [0.4, 0.5) is 10.1 Å². The van der Waals surface area contributed by atoms with Crippen molar-refractivity contribution in [1.82, 2.24) is 0 Å². The normalized spacial score (nSPS) is 25.5. The number of benzene rings is 1. The van der Waals surface area contributed by atoms with E-state index in [9.17, 15) is 14.0 Å². The van der Waals surface area contributed by atoms with Crippen LogP contribution in [0.2, 0.25) is 0 Å². The van der Waals surface area contributed by atoms with Crippen molar-refractivity contribution >= 4 is 28.8 Å². The smallest absolute Gasteiger partial charge is 0.292 e. The molecule has 2 saturated heterocycles. The second-order valence-corrected chi connectivity index (χ2v) is 8.81. The number of nitrogens with one attached hydrogen (secondary N) is 1. The SMILES string of the molecule is O=C1C[C@@H]([NH2+]CC2CC[NH+](Cc3cccs3)CC2)C(=O)N1c1ccc(F)cc1. The van der Waals surface area contributed by atoms with E-state index in [1.165, 1.54) is 34.0 Å². The van der Waals surface area contributed by atoms with Crippen LogP contribution in [0.3, 0.4) is 0 Å². The Morgan fingerprint density at radius 1 is 1.14 bits per heavy atom. The number of nitrogens with zero attached hydrogens (tertiary/aromatic N) is 1. The van der Waals surface area contributed by atoms with Crippen LogP contribution in [0.25, 0.3) is 0 Å². The third-order valence-corrected chi connectivity index (χ3v) is 6.71. The molecule has 1 aromatic carbocycles. The second-order valence-electron chi connectivity index (χ2n) is 7.78. The van der Waals surface area contributed by atoms with Crippen molar-refractivity contribution in [2.45, 2.75) is 31.8 Å². The zero-order valence-electron chi connectivity index (χ0n) is 15.8. The number of imide groups is 1. The van der Waals surface area contributed by atoms with Crippen LogP contribution in [-0.2, 0) is 16.1 Å². The number of carbonyl (C=O) groups is 2. The molecule has 2 aromatic rings. The van der Waals surface area contributed by atoms with Gasteiger partial charge in [-0.25, -0.2) is 9.29 Å². The molecule has 3 heterocycles. The molecule has 0 saturated carbocycles. The van der Waals surface area contributed by atoms with E-state index in [0.29, 0.717) is 11.6 Å². The fourth-order valence-electron chi connectivity index (χ4n) is 4.22. The molecule has 1 atom stereocenters. The van der Waals surface area contributed by atoms with Gasteiger partial charge < -0.3 is 10.2 Å². The van der Waals surface area contributed by atoms with E-state index in [1.54, 1.807) is 4.90 Å². The average Bonchev–Trinajstić information content (AvgIpc) is 3.30. The lowest BCUT2D eigenvalue weighted by molar-refractivity contribution is -0.920. The van der Waals surface area contributed by atoms with E-state index in [-0.39, 0.29) is 30.1 Å². The van der Waals surface area contributed by atoms with Crippen molar-refractivity contribution in [3.05, 3.63) is 52.5 Å². The van der Waals surface area contributed by atoms with Gasteiger partial charge in [0.1, 0.15) is 12.4 Å². The Morgan fingerprint density at radius 3 is 2.57 bits per heavy atom. The number of carbonyl (C=O) groups excluding carboxylic acids is 2. The summed E-state index contributed by atoms with van der Waals surface area (Å²) in [4.78, 5) is 29.3. The molecule has 148 valence electrons. The highest BCUT2D eigenvalue weighted by molar-refractivity contribution is 7.09. The summed E-state index contributed by atoms with van der Waals surface area (Å²) in [5.41, 5.74) is 0.456. The highest BCUT2D eigenvalue weighted by Crippen LogP contribution is 2.22. The zero-order chi connectivity index (χ0) is 19.5. The van der Waals surface area contributed by atoms with Crippen LogP contribution in [0, 0.1) is 11.7 Å². The molecule has 4 rings (SSSR count). The number of hydrogen-bond donors (Lipinski definition) is 2. The summed E-state index contributed by atoms with van der Waals surface area (Å²) in [6, 6.07) is 9.48. The Morgan fingerprint density at radius 2 is 1.89 bits per heavy atom. The summed E-state index contributed by atoms with van der Waals surface area (Å²) in [6.07, 6.45) is 2.54. The number of nitrogens with two attached hydrogens (primary N) is 1. The lowest BCUT2D eigenvalue weighted by Crippen LogP contribution is -3.12. The van der Waals surface area contributed by atoms with Crippen molar-refractivity contribution in [1.29, 1.82) is 0 Å². The summed E-state index contributed by atoms with van der Waals surface area (Å²) < 4.78 is 13.1. The van der Waals surface area contributed by atoms with Crippen molar-refractivity contribution in [3.8, 4) is 0 Å². The maximum atomic E-state index is 13.1. The quantitative estimate of drug-likeness (QED) is 0.694. The van der Waals surface area contributed by atoms with Gasteiger partial charge in [-0.3, -0.25) is 9.59 Å². The third-order valence-electron chi connectivity index (χ3n) is 5.84. The maximum Gasteiger partial charge on any atom is 0.292 e. The highest BCUT2D eigenvalue weighted by Gasteiger charge is 2.42. The molecule has 5 nitrogen and oxygen atoms in total. The van der Waals surface area contributed by atoms with Crippen molar-refractivity contribution in [2.24, 2.45) is 5.92 Å². The topological polar surface area (TPSA) is 58.4 Å². The molecule has 3 N–H and O–H groups in total. The lowest BCUT2D eigenvalue weighted by atomic mass is 9.96. The molecule has 2 aliphatic heterocycles. The van der Waals surface area contributed by atoms with E-state index in [4.69, 9.17) is 0 Å². The van der Waals surface area contributed by atoms with Crippen molar-refractivity contribution in [3.63, 3.8) is 0 Å². The van der Waals surface area contributed by atoms with Crippen LogP contribution in [-0.4, -0.2) is 37.5 Å². The average molecular weight is 404 g/mol. The summed E-state index contributed by atoms with van der Waals surface area (Å²) in [5, 5.41) is 4.17. The molecule has 2 fully saturated rings. The number of quaternary nitrogens is 2. The molecule has 0 radical (unpaired) electrons. The molecule has 7 heteroatoms. The van der Waals surface area contributed by atoms with Crippen LogP contribution < -0.4 is 15.1 Å². The van der Waals surface area contributed by atoms with Crippen LogP contribution in [0.15, 0.2) is 41.8 Å². The molecule has 0 unspecified atom stereocenters. The van der Waals surface area contributed by atoms with Crippen LogP contribution in [0.1, 0.15) is 24.1 Å². The number of piperidine rings is 1. The van der Waals surface area contributed by atoms with E-state index in [2.05, 4.69) is 17.5 Å². The van der Waals surface area contributed by atoms with Gasteiger partial charge in [0.2, 0.25) is 5.91 Å². The Balaban J connectivity index is 1.26. The maximum absolute atomic E-state index is 13.1. The molecule has 0 bridgehead atoms. The van der Waals surface area contributed by atoms with E-state index in [0.717, 1.165) is 39.0 Å². The Labute approximate surface area is 168 Å². The summed E-state index contributed by atoms with van der Waals surface area (Å²) >= 11 is 1.82. The molecular weight excluding hydrogens is 377 g/mol. The number of amides is 2. The number of thiophene rings is 1. The Hall–Kier alpha value is -2.09. The molecule has 0 aliphatic carbocycles. The minimum atomic E-state index is -0.376. The number of likely N-dealkylation sites (tertiary alicyclic amines) is 1. The van der Waals surface area contributed by atoms with Gasteiger partial charge in [0, 0.05) is 18.8 Å². The van der Waals surface area contributed by atoms with Gasteiger partial charge in [0.15, 0.2) is 6.04 Å². The van der Waals surface area contributed by atoms with Crippen molar-refractivity contribution < 1.29 is 24.2 Å². The van der Waals surface area contributed by atoms with Gasteiger partial charge in [0.25, 0.3) is 5.91 Å². The van der Waals surface area contributed by atoms with Crippen molar-refractivity contribution in [2.75, 3.05) is 24.5 Å². The van der Waals surface area contributed by atoms with E-state index >= 15 is 0 Å².